The van der Waals surface area contributed by atoms with E-state index in [0.717, 1.165) is 12.8 Å². The van der Waals surface area contributed by atoms with E-state index < -0.39 is 0 Å². The number of carbonyl (C=O) groups excluding carboxylic acids is 1. The van der Waals surface area contributed by atoms with Gasteiger partial charge in [-0.05, 0) is 19.8 Å². The zero-order valence-corrected chi connectivity index (χ0v) is 9.58. The normalized spacial score (nSPS) is 17.9. The Kier molecular flexibility index (Phi) is 5.01. The number of rotatable bonds is 7. The Bertz CT molecular complexity index is 203. The highest BCUT2D eigenvalue weighted by molar-refractivity contribution is 5.78. The van der Waals surface area contributed by atoms with Crippen molar-refractivity contribution in [2.24, 2.45) is 0 Å². The summed E-state index contributed by atoms with van der Waals surface area (Å²) in [6.45, 7) is 2.23. The first kappa shape index (κ1) is 12.4. The second-order valence-electron chi connectivity index (χ2n) is 3.85. The summed E-state index contributed by atoms with van der Waals surface area (Å²) in [5.41, 5.74) is 0. The van der Waals surface area contributed by atoms with Gasteiger partial charge in [-0.2, -0.15) is 0 Å². The molecule has 0 aliphatic heterocycles. The standard InChI is InChI=1S/C10H20N2O3/c1-7(10(14-2)15-3)11-6-9(13)12-8-4-5-8/h7-8,10-11H,4-6H2,1-3H3,(H,12,13). The Morgan fingerprint density at radius 1 is 1.40 bits per heavy atom. The van der Waals surface area contributed by atoms with Gasteiger partial charge in [-0.15, -0.1) is 0 Å². The van der Waals surface area contributed by atoms with Gasteiger partial charge in [0.2, 0.25) is 5.91 Å². The number of hydrogen-bond donors (Lipinski definition) is 2. The van der Waals surface area contributed by atoms with Crippen LogP contribution in [-0.4, -0.2) is 45.0 Å². The van der Waals surface area contributed by atoms with Crippen molar-refractivity contribution in [1.29, 1.82) is 0 Å². The second kappa shape index (κ2) is 6.05. The summed E-state index contributed by atoms with van der Waals surface area (Å²) < 4.78 is 10.1. The van der Waals surface area contributed by atoms with Crippen LogP contribution in [0.3, 0.4) is 0 Å². The number of nitrogens with one attached hydrogen (secondary N) is 2. The van der Waals surface area contributed by atoms with Gasteiger partial charge in [-0.3, -0.25) is 4.79 Å². The fraction of sp³-hybridized carbons (Fsp3) is 0.900. The van der Waals surface area contributed by atoms with E-state index in [9.17, 15) is 4.79 Å². The molecule has 2 N–H and O–H groups in total. The molecule has 1 atom stereocenters. The van der Waals surface area contributed by atoms with Crippen molar-refractivity contribution < 1.29 is 14.3 Å². The number of amides is 1. The van der Waals surface area contributed by atoms with Gasteiger partial charge in [-0.25, -0.2) is 0 Å². The van der Waals surface area contributed by atoms with E-state index in [4.69, 9.17) is 9.47 Å². The average Bonchev–Trinajstić information content (AvgIpc) is 3.00. The zero-order valence-electron chi connectivity index (χ0n) is 9.58. The smallest absolute Gasteiger partial charge is 0.234 e. The molecule has 0 bridgehead atoms. The maximum atomic E-state index is 11.3. The summed E-state index contributed by atoms with van der Waals surface area (Å²) in [5.74, 6) is 0.0373. The molecule has 1 aliphatic rings. The van der Waals surface area contributed by atoms with Crippen LogP contribution in [0.5, 0.6) is 0 Å². The minimum absolute atomic E-state index is 0.00930. The van der Waals surface area contributed by atoms with E-state index in [1.165, 1.54) is 0 Å². The van der Waals surface area contributed by atoms with Crippen molar-refractivity contribution in [2.45, 2.75) is 38.1 Å². The maximum absolute atomic E-state index is 11.3. The van der Waals surface area contributed by atoms with Crippen LogP contribution < -0.4 is 10.6 Å². The van der Waals surface area contributed by atoms with Crippen molar-refractivity contribution in [3.63, 3.8) is 0 Å². The molecule has 0 spiro atoms. The van der Waals surface area contributed by atoms with E-state index in [1.807, 2.05) is 6.92 Å². The molecule has 1 unspecified atom stereocenters. The third kappa shape index (κ3) is 4.59. The first-order valence-electron chi connectivity index (χ1n) is 5.25. The molecule has 1 fully saturated rings. The molecule has 15 heavy (non-hydrogen) atoms. The van der Waals surface area contributed by atoms with Crippen molar-refractivity contribution in [3.05, 3.63) is 0 Å². The average molecular weight is 216 g/mol. The Morgan fingerprint density at radius 2 is 2.00 bits per heavy atom. The lowest BCUT2D eigenvalue weighted by molar-refractivity contribution is -0.126. The Labute approximate surface area is 90.5 Å². The molecular weight excluding hydrogens is 196 g/mol. The highest BCUT2D eigenvalue weighted by atomic mass is 16.7. The van der Waals surface area contributed by atoms with Crippen molar-refractivity contribution in [2.75, 3.05) is 20.8 Å². The van der Waals surface area contributed by atoms with Gasteiger partial charge < -0.3 is 20.1 Å². The van der Waals surface area contributed by atoms with Crippen LogP contribution in [0.25, 0.3) is 0 Å². The van der Waals surface area contributed by atoms with Gasteiger partial charge >= 0.3 is 0 Å². The van der Waals surface area contributed by atoms with Crippen LogP contribution >= 0.6 is 0 Å². The van der Waals surface area contributed by atoms with E-state index in [0.29, 0.717) is 12.6 Å². The van der Waals surface area contributed by atoms with Crippen LogP contribution in [0, 0.1) is 0 Å². The summed E-state index contributed by atoms with van der Waals surface area (Å²) >= 11 is 0. The lowest BCUT2D eigenvalue weighted by atomic mass is 10.3. The predicted octanol–water partition coefficient (Wildman–Crippen LogP) is -0.138. The molecule has 1 rings (SSSR count). The molecule has 0 aromatic heterocycles. The molecule has 0 aromatic carbocycles. The number of methoxy groups -OCH3 is 2. The molecule has 1 saturated carbocycles. The summed E-state index contributed by atoms with van der Waals surface area (Å²) in [7, 11) is 3.16. The molecule has 5 nitrogen and oxygen atoms in total. The van der Waals surface area contributed by atoms with Crippen LogP contribution in [0.15, 0.2) is 0 Å². The van der Waals surface area contributed by atoms with Crippen molar-refractivity contribution in [1.82, 2.24) is 10.6 Å². The van der Waals surface area contributed by atoms with Crippen LogP contribution in [0.2, 0.25) is 0 Å². The Morgan fingerprint density at radius 3 is 2.47 bits per heavy atom. The third-order valence-corrected chi connectivity index (χ3v) is 2.40. The first-order chi connectivity index (χ1) is 7.17. The molecule has 0 radical (unpaired) electrons. The SMILES string of the molecule is COC(OC)C(C)NCC(=O)NC1CC1. The maximum Gasteiger partial charge on any atom is 0.234 e. The molecule has 0 aromatic rings. The highest BCUT2D eigenvalue weighted by Gasteiger charge is 2.23. The number of carbonyl (C=O) groups is 1. The summed E-state index contributed by atoms with van der Waals surface area (Å²) in [4.78, 5) is 11.3. The first-order valence-corrected chi connectivity index (χ1v) is 5.25. The van der Waals surface area contributed by atoms with Crippen molar-refractivity contribution in [3.8, 4) is 0 Å². The van der Waals surface area contributed by atoms with Crippen LogP contribution in [0.4, 0.5) is 0 Å². The lowest BCUT2D eigenvalue weighted by Crippen LogP contribution is -2.45. The van der Waals surface area contributed by atoms with Gasteiger partial charge in [0.1, 0.15) is 0 Å². The van der Waals surface area contributed by atoms with E-state index in [2.05, 4.69) is 10.6 Å². The highest BCUT2D eigenvalue weighted by Crippen LogP contribution is 2.18. The number of ether oxygens (including phenoxy) is 2. The Hall–Kier alpha value is -0.650. The van der Waals surface area contributed by atoms with Crippen LogP contribution in [0.1, 0.15) is 19.8 Å². The van der Waals surface area contributed by atoms with Gasteiger partial charge in [0, 0.05) is 20.3 Å². The molecular formula is C10H20N2O3. The molecule has 0 saturated heterocycles. The summed E-state index contributed by atoms with van der Waals surface area (Å²) in [6.07, 6.45) is 1.90. The van der Waals surface area contributed by atoms with Crippen LogP contribution in [-0.2, 0) is 14.3 Å². The molecule has 5 heteroatoms. The summed E-state index contributed by atoms with van der Waals surface area (Å²) in [6, 6.07) is 0.403. The van der Waals surface area contributed by atoms with Gasteiger partial charge in [-0.1, -0.05) is 0 Å². The third-order valence-electron chi connectivity index (χ3n) is 2.40. The Balaban J connectivity index is 2.13. The second-order valence-corrected chi connectivity index (χ2v) is 3.85. The fourth-order valence-electron chi connectivity index (χ4n) is 1.36. The molecule has 1 amide bonds. The quantitative estimate of drug-likeness (QED) is 0.582. The number of hydrogen-bond acceptors (Lipinski definition) is 4. The molecule has 1 aliphatic carbocycles. The zero-order chi connectivity index (χ0) is 11.3. The topological polar surface area (TPSA) is 59.6 Å². The van der Waals surface area contributed by atoms with Crippen molar-refractivity contribution >= 4 is 5.91 Å². The minimum Gasteiger partial charge on any atom is -0.354 e. The largest absolute Gasteiger partial charge is 0.354 e. The van der Waals surface area contributed by atoms with Gasteiger partial charge in [0.05, 0.1) is 12.6 Å². The van der Waals surface area contributed by atoms with E-state index >= 15 is 0 Å². The van der Waals surface area contributed by atoms with Gasteiger partial charge in [0.15, 0.2) is 6.29 Å². The lowest BCUT2D eigenvalue weighted by Gasteiger charge is -2.21. The molecule has 0 heterocycles. The fourth-order valence-corrected chi connectivity index (χ4v) is 1.36. The minimum atomic E-state index is -0.321. The van der Waals surface area contributed by atoms with E-state index in [-0.39, 0.29) is 18.2 Å². The van der Waals surface area contributed by atoms with Gasteiger partial charge in [0.25, 0.3) is 0 Å². The predicted molar refractivity (Wildman–Crippen MR) is 56.4 cm³/mol. The van der Waals surface area contributed by atoms with E-state index in [1.54, 1.807) is 14.2 Å². The molecule has 88 valence electrons. The monoisotopic (exact) mass is 216 g/mol. The summed E-state index contributed by atoms with van der Waals surface area (Å²) in [5, 5.41) is 5.96.